The monoisotopic (exact) mass is 424 g/mol. The quantitative estimate of drug-likeness (QED) is 0.518. The molecule has 2 aromatic carbocycles. The van der Waals surface area contributed by atoms with Crippen LogP contribution in [0, 0.1) is 24.5 Å². The first-order valence-corrected chi connectivity index (χ1v) is 10.6. The van der Waals surface area contributed by atoms with Crippen molar-refractivity contribution in [3.63, 3.8) is 0 Å². The van der Waals surface area contributed by atoms with Gasteiger partial charge in [-0.15, -0.1) is 0 Å². The number of hydrogen-bond acceptors (Lipinski definition) is 4. The van der Waals surface area contributed by atoms with Gasteiger partial charge in [-0.05, 0) is 81.5 Å². The first-order chi connectivity index (χ1) is 14.8. The number of aromatic nitrogens is 2. The Labute approximate surface area is 180 Å². The summed E-state index contributed by atoms with van der Waals surface area (Å²) >= 11 is 0. The van der Waals surface area contributed by atoms with Gasteiger partial charge in [-0.2, -0.15) is 0 Å². The fraction of sp³-hybridized carbons (Fsp3) is 0.375. The summed E-state index contributed by atoms with van der Waals surface area (Å²) < 4.78 is 26.9. The first kappa shape index (κ1) is 21.2. The van der Waals surface area contributed by atoms with E-state index in [4.69, 9.17) is 0 Å². The highest BCUT2D eigenvalue weighted by Gasteiger charge is 2.38. The number of benzene rings is 2. The van der Waals surface area contributed by atoms with Gasteiger partial charge in [-0.1, -0.05) is 6.92 Å². The molecule has 4 rings (SSSR count). The van der Waals surface area contributed by atoms with Gasteiger partial charge in [-0.3, -0.25) is 4.79 Å². The first-order valence-electron chi connectivity index (χ1n) is 10.6. The zero-order chi connectivity index (χ0) is 22.0. The van der Waals surface area contributed by atoms with Crippen molar-refractivity contribution >= 4 is 28.3 Å². The number of fused-ring (bicyclic) bond motifs is 1. The van der Waals surface area contributed by atoms with E-state index < -0.39 is 0 Å². The molecule has 0 spiro atoms. The molecule has 1 aliphatic carbocycles. The van der Waals surface area contributed by atoms with Crippen LogP contribution in [0.1, 0.15) is 44.9 Å². The Hall–Kier alpha value is -3.09. The Balaban J connectivity index is 1.44. The number of rotatable bonds is 7. The summed E-state index contributed by atoms with van der Waals surface area (Å²) in [6.45, 7) is 3.72. The van der Waals surface area contributed by atoms with Crippen molar-refractivity contribution in [1.82, 2.24) is 9.97 Å². The van der Waals surface area contributed by atoms with Crippen LogP contribution in [0.4, 0.5) is 20.3 Å². The second-order valence-electron chi connectivity index (χ2n) is 8.48. The van der Waals surface area contributed by atoms with E-state index in [-0.39, 0.29) is 29.0 Å². The van der Waals surface area contributed by atoms with Gasteiger partial charge in [0.15, 0.2) is 0 Å². The third kappa shape index (κ3) is 4.81. The molecule has 31 heavy (non-hydrogen) atoms. The lowest BCUT2D eigenvalue weighted by atomic mass is 9.72. The molecule has 7 heteroatoms. The molecule has 1 amide bonds. The molecule has 0 radical (unpaired) electrons. The lowest BCUT2D eigenvalue weighted by Crippen LogP contribution is -2.46. The van der Waals surface area contributed by atoms with Crippen LogP contribution >= 0.6 is 0 Å². The number of nitrogens with one attached hydrogen (secondary N) is 2. The Morgan fingerprint density at radius 1 is 1.10 bits per heavy atom. The Bertz CT molecular complexity index is 1100. The molecule has 1 saturated carbocycles. The predicted octanol–water partition coefficient (Wildman–Crippen LogP) is 5.61. The van der Waals surface area contributed by atoms with Gasteiger partial charge in [0.2, 0.25) is 5.91 Å². The van der Waals surface area contributed by atoms with E-state index in [9.17, 15) is 13.6 Å². The van der Waals surface area contributed by atoms with Gasteiger partial charge in [0, 0.05) is 22.5 Å². The van der Waals surface area contributed by atoms with Crippen LogP contribution in [-0.2, 0) is 4.79 Å². The van der Waals surface area contributed by atoms with Gasteiger partial charge in [0.05, 0.1) is 5.52 Å². The number of hydrogen-bond donors (Lipinski definition) is 2. The normalized spacial score (nSPS) is 15.9. The van der Waals surface area contributed by atoms with Crippen molar-refractivity contribution in [1.29, 1.82) is 0 Å². The van der Waals surface area contributed by atoms with Crippen molar-refractivity contribution in [2.24, 2.45) is 5.92 Å². The fourth-order valence-corrected chi connectivity index (χ4v) is 4.03. The molecular formula is C24H26F2N4O. The van der Waals surface area contributed by atoms with E-state index in [0.29, 0.717) is 34.7 Å². The zero-order valence-corrected chi connectivity index (χ0v) is 17.7. The number of aryl methyl sites for hydroxylation is 1. The molecule has 1 aliphatic rings. The molecule has 0 saturated heterocycles. The highest BCUT2D eigenvalue weighted by Crippen LogP contribution is 2.40. The lowest BCUT2D eigenvalue weighted by Gasteiger charge is -2.44. The third-order valence-electron chi connectivity index (χ3n) is 6.08. The zero-order valence-electron chi connectivity index (χ0n) is 17.7. The minimum absolute atomic E-state index is 0.0912. The third-order valence-corrected chi connectivity index (χ3v) is 6.08. The molecule has 3 aromatic rings. The molecule has 1 heterocycles. The van der Waals surface area contributed by atoms with Crippen molar-refractivity contribution in [3.05, 3.63) is 59.9 Å². The number of halogens is 2. The number of carbonyl (C=O) groups is 1. The van der Waals surface area contributed by atoms with E-state index in [2.05, 4.69) is 20.6 Å². The van der Waals surface area contributed by atoms with Crippen LogP contribution in [0.15, 0.2) is 42.5 Å². The minimum Gasteiger partial charge on any atom is -0.364 e. The van der Waals surface area contributed by atoms with Gasteiger partial charge >= 0.3 is 0 Å². The van der Waals surface area contributed by atoms with Crippen LogP contribution < -0.4 is 10.6 Å². The Kier molecular flexibility index (Phi) is 5.85. The maximum atomic E-state index is 13.8. The van der Waals surface area contributed by atoms with Gasteiger partial charge in [0.25, 0.3) is 0 Å². The van der Waals surface area contributed by atoms with Crippen molar-refractivity contribution in [2.75, 3.05) is 10.6 Å². The highest BCUT2D eigenvalue weighted by atomic mass is 19.1. The van der Waals surface area contributed by atoms with E-state index in [1.165, 1.54) is 24.3 Å². The smallest absolute Gasteiger partial charge is 0.227 e. The topological polar surface area (TPSA) is 66.9 Å². The molecule has 0 aliphatic heterocycles. The van der Waals surface area contributed by atoms with Crippen molar-refractivity contribution in [3.8, 4) is 0 Å². The van der Waals surface area contributed by atoms with Crippen molar-refractivity contribution in [2.45, 2.75) is 51.5 Å². The lowest BCUT2D eigenvalue weighted by molar-refractivity contribution is -0.119. The van der Waals surface area contributed by atoms with Crippen LogP contribution in [0.3, 0.4) is 0 Å². The van der Waals surface area contributed by atoms with E-state index in [1.54, 1.807) is 18.2 Å². The number of amides is 1. The van der Waals surface area contributed by atoms with E-state index in [0.717, 1.165) is 25.7 Å². The summed E-state index contributed by atoms with van der Waals surface area (Å²) in [6, 6.07) is 10.3. The maximum Gasteiger partial charge on any atom is 0.227 e. The molecule has 5 nitrogen and oxygen atoms in total. The Morgan fingerprint density at radius 3 is 2.48 bits per heavy atom. The summed E-state index contributed by atoms with van der Waals surface area (Å²) in [5.74, 6) is 0.318. The molecular weight excluding hydrogens is 398 g/mol. The molecule has 2 N–H and O–H groups in total. The van der Waals surface area contributed by atoms with Gasteiger partial charge in [0.1, 0.15) is 23.3 Å². The summed E-state index contributed by atoms with van der Waals surface area (Å²) in [4.78, 5) is 21.5. The van der Waals surface area contributed by atoms with E-state index >= 15 is 0 Å². The number of carbonyl (C=O) groups excluding carboxylic acids is 1. The molecule has 162 valence electrons. The Morgan fingerprint density at radius 2 is 1.81 bits per heavy atom. The predicted molar refractivity (Wildman–Crippen MR) is 118 cm³/mol. The average molecular weight is 424 g/mol. The van der Waals surface area contributed by atoms with Crippen LogP contribution in [0.25, 0.3) is 10.9 Å². The highest BCUT2D eigenvalue weighted by molar-refractivity contribution is 5.92. The number of nitrogens with zero attached hydrogens (tertiary/aromatic N) is 2. The fourth-order valence-electron chi connectivity index (χ4n) is 4.03. The van der Waals surface area contributed by atoms with E-state index in [1.807, 2.05) is 13.8 Å². The summed E-state index contributed by atoms with van der Waals surface area (Å²) in [6.07, 6.45) is 4.53. The van der Waals surface area contributed by atoms with Crippen molar-refractivity contribution < 1.29 is 13.6 Å². The van der Waals surface area contributed by atoms with Gasteiger partial charge < -0.3 is 10.6 Å². The summed E-state index contributed by atoms with van der Waals surface area (Å²) in [7, 11) is 0. The number of anilines is 2. The van der Waals surface area contributed by atoms with Crippen LogP contribution in [0.2, 0.25) is 0 Å². The van der Waals surface area contributed by atoms with Crippen LogP contribution in [-0.4, -0.2) is 21.4 Å². The minimum atomic E-state index is -0.337. The molecule has 1 unspecified atom stereocenters. The summed E-state index contributed by atoms with van der Waals surface area (Å²) in [5.41, 5.74) is 1.13. The molecule has 0 bridgehead atoms. The molecule has 1 atom stereocenters. The van der Waals surface area contributed by atoms with Gasteiger partial charge in [-0.25, -0.2) is 18.7 Å². The largest absolute Gasteiger partial charge is 0.364 e. The molecule has 1 fully saturated rings. The standard InChI is InChI=1S/C24H26F2N4O/c1-15(23(31)29-19-7-4-17(25)5-8-19)10-13-24(11-3-12-24)30-22-20-14-18(26)6-9-21(20)27-16(2)28-22/h4-9,14-15H,3,10-13H2,1-2H3,(H,29,31)(H,27,28,30). The maximum absolute atomic E-state index is 13.8. The molecule has 1 aromatic heterocycles. The second-order valence-corrected chi connectivity index (χ2v) is 8.48. The van der Waals surface area contributed by atoms with Crippen LogP contribution in [0.5, 0.6) is 0 Å². The average Bonchev–Trinajstić information content (AvgIpc) is 2.71. The summed E-state index contributed by atoms with van der Waals surface area (Å²) in [5, 5.41) is 7.07. The SMILES string of the molecule is Cc1nc(NC2(CCC(C)C(=O)Nc3ccc(F)cc3)CCC2)c2cc(F)ccc2n1. The second kappa shape index (κ2) is 8.57.